The fourth-order valence-electron chi connectivity index (χ4n) is 3.17. The van der Waals surface area contributed by atoms with Crippen LogP contribution in [0.1, 0.15) is 28.5 Å². The van der Waals surface area contributed by atoms with Crippen molar-refractivity contribution >= 4 is 17.6 Å². The number of halogens is 1. The quantitative estimate of drug-likeness (QED) is 0.296. The molecule has 0 atom stereocenters. The molecule has 1 amide bonds. The molecule has 0 saturated carbocycles. The number of nitrogens with zero attached hydrogens (tertiary/aromatic N) is 2. The third-order valence-electron chi connectivity index (χ3n) is 4.90. The molecule has 2 N–H and O–H groups in total. The minimum atomic E-state index is -0.589. The number of aromatic amines is 1. The molecule has 178 valence electrons. The summed E-state index contributed by atoms with van der Waals surface area (Å²) in [6.07, 6.45) is -0.247. The summed E-state index contributed by atoms with van der Waals surface area (Å²) in [5.41, 5.74) is 2.86. The van der Waals surface area contributed by atoms with Gasteiger partial charge >= 0.3 is 5.97 Å². The molecule has 0 aliphatic rings. The van der Waals surface area contributed by atoms with Crippen molar-refractivity contribution in [2.24, 2.45) is 5.10 Å². The zero-order valence-electron chi connectivity index (χ0n) is 19.0. The molecule has 0 radical (unpaired) electrons. The highest BCUT2D eigenvalue weighted by atomic mass is 19.1. The highest BCUT2D eigenvalue weighted by Gasteiger charge is 2.21. The van der Waals surface area contributed by atoms with E-state index in [2.05, 4.69) is 15.6 Å². The highest BCUT2D eigenvalue weighted by molar-refractivity contribution is 6.02. The van der Waals surface area contributed by atoms with E-state index >= 15 is 0 Å². The van der Waals surface area contributed by atoms with E-state index < -0.39 is 23.3 Å². The number of nitrogens with one attached hydrogen (secondary N) is 2. The van der Waals surface area contributed by atoms with Crippen LogP contribution in [-0.2, 0) is 16.0 Å². The van der Waals surface area contributed by atoms with E-state index in [1.165, 1.54) is 64.7 Å². The van der Waals surface area contributed by atoms with Crippen LogP contribution in [0, 0.1) is 5.82 Å². The van der Waals surface area contributed by atoms with Gasteiger partial charge in [-0.3, -0.25) is 19.5 Å². The van der Waals surface area contributed by atoms with Gasteiger partial charge in [-0.2, -0.15) is 5.10 Å². The lowest BCUT2D eigenvalue weighted by molar-refractivity contribution is -0.139. The summed E-state index contributed by atoms with van der Waals surface area (Å²) in [6.45, 7) is 1.51. The standard InChI is InChI=1S/C23H23FN4O6/c1-13(25-26-22(30)14-9-17(32-2)11-18(10-14)33-3)21-19(12-20(29)34-4)27-28(23(21)31)16-7-5-15(24)6-8-16/h5-11,27H,12H2,1-4H3,(H,26,30). The summed E-state index contributed by atoms with van der Waals surface area (Å²) >= 11 is 0. The average Bonchev–Trinajstić information content (AvgIpc) is 3.17. The molecular formula is C23H23FN4O6. The number of hydrogen-bond acceptors (Lipinski definition) is 7. The van der Waals surface area contributed by atoms with E-state index in [9.17, 15) is 18.8 Å². The second kappa shape index (κ2) is 10.5. The van der Waals surface area contributed by atoms with Gasteiger partial charge in [0.2, 0.25) is 0 Å². The highest BCUT2D eigenvalue weighted by Crippen LogP contribution is 2.22. The first-order valence-electron chi connectivity index (χ1n) is 10.0. The Kier molecular flexibility index (Phi) is 7.46. The minimum Gasteiger partial charge on any atom is -0.497 e. The molecule has 0 unspecified atom stereocenters. The van der Waals surface area contributed by atoms with Gasteiger partial charge in [-0.25, -0.2) is 14.5 Å². The predicted octanol–water partition coefficient (Wildman–Crippen LogP) is 2.19. The molecule has 34 heavy (non-hydrogen) atoms. The third kappa shape index (κ3) is 5.31. The fourth-order valence-corrected chi connectivity index (χ4v) is 3.17. The van der Waals surface area contributed by atoms with Crippen molar-refractivity contribution in [1.29, 1.82) is 0 Å². The Morgan fingerprint density at radius 2 is 1.68 bits per heavy atom. The summed E-state index contributed by atoms with van der Waals surface area (Å²) in [7, 11) is 4.14. The van der Waals surface area contributed by atoms with Gasteiger partial charge in [-0.1, -0.05) is 0 Å². The molecule has 11 heteroatoms. The Morgan fingerprint density at radius 1 is 1.06 bits per heavy atom. The van der Waals surface area contributed by atoms with E-state index in [-0.39, 0.29) is 29.0 Å². The van der Waals surface area contributed by atoms with Crippen LogP contribution >= 0.6 is 0 Å². The number of rotatable bonds is 8. The Hall–Kier alpha value is -4.41. The van der Waals surface area contributed by atoms with Gasteiger partial charge in [0, 0.05) is 11.6 Å². The Balaban J connectivity index is 1.97. The summed E-state index contributed by atoms with van der Waals surface area (Å²) in [5, 5.41) is 6.88. The lowest BCUT2D eigenvalue weighted by atomic mass is 10.1. The van der Waals surface area contributed by atoms with Crippen LogP contribution in [0.2, 0.25) is 0 Å². The molecule has 0 fully saturated rings. The van der Waals surface area contributed by atoms with E-state index in [1.54, 1.807) is 6.07 Å². The second-order valence-corrected chi connectivity index (χ2v) is 7.07. The Bertz CT molecular complexity index is 1270. The number of aromatic nitrogens is 2. The molecule has 1 heterocycles. The van der Waals surface area contributed by atoms with E-state index in [4.69, 9.17) is 14.2 Å². The van der Waals surface area contributed by atoms with E-state index in [1.807, 2.05) is 0 Å². The number of hydrazone groups is 1. The lowest BCUT2D eigenvalue weighted by Crippen LogP contribution is -2.24. The molecule has 0 spiro atoms. The van der Waals surface area contributed by atoms with Crippen LogP contribution in [-0.4, -0.2) is 48.7 Å². The number of carbonyl (C=O) groups excluding carboxylic acids is 2. The van der Waals surface area contributed by atoms with Gasteiger partial charge in [-0.15, -0.1) is 0 Å². The number of carbonyl (C=O) groups is 2. The van der Waals surface area contributed by atoms with Crippen LogP contribution in [0.5, 0.6) is 11.5 Å². The molecule has 0 aliphatic carbocycles. The van der Waals surface area contributed by atoms with Gasteiger partial charge in [-0.05, 0) is 43.3 Å². The normalized spacial score (nSPS) is 11.1. The number of esters is 1. The van der Waals surface area contributed by atoms with E-state index in [0.29, 0.717) is 17.2 Å². The molecule has 10 nitrogen and oxygen atoms in total. The minimum absolute atomic E-state index is 0.0678. The van der Waals surface area contributed by atoms with Crippen molar-refractivity contribution in [2.75, 3.05) is 21.3 Å². The smallest absolute Gasteiger partial charge is 0.311 e. The van der Waals surface area contributed by atoms with Crippen molar-refractivity contribution in [3.05, 3.63) is 75.5 Å². The van der Waals surface area contributed by atoms with Crippen LogP contribution in [0.15, 0.2) is 52.4 Å². The lowest BCUT2D eigenvalue weighted by Gasteiger charge is -2.08. The number of amides is 1. The maximum absolute atomic E-state index is 13.3. The first-order chi connectivity index (χ1) is 16.3. The van der Waals surface area contributed by atoms with Gasteiger partial charge in [0.1, 0.15) is 17.3 Å². The summed E-state index contributed by atoms with van der Waals surface area (Å²) in [5.74, 6) is -0.792. The van der Waals surface area contributed by atoms with Crippen molar-refractivity contribution < 1.29 is 28.2 Å². The third-order valence-corrected chi connectivity index (χ3v) is 4.90. The van der Waals surface area contributed by atoms with Crippen molar-refractivity contribution in [3.63, 3.8) is 0 Å². The van der Waals surface area contributed by atoms with Crippen LogP contribution in [0.4, 0.5) is 4.39 Å². The topological polar surface area (TPSA) is 124 Å². The van der Waals surface area contributed by atoms with Crippen LogP contribution in [0.25, 0.3) is 5.69 Å². The van der Waals surface area contributed by atoms with Crippen molar-refractivity contribution in [2.45, 2.75) is 13.3 Å². The van der Waals surface area contributed by atoms with Crippen molar-refractivity contribution in [1.82, 2.24) is 15.2 Å². The molecule has 1 aromatic heterocycles. The molecule has 0 aliphatic heterocycles. The maximum atomic E-state index is 13.3. The summed E-state index contributed by atoms with van der Waals surface area (Å²) in [6, 6.07) is 9.83. The summed E-state index contributed by atoms with van der Waals surface area (Å²) < 4.78 is 29.5. The Labute approximate surface area is 193 Å². The molecule has 3 aromatic rings. The molecule has 0 saturated heterocycles. The average molecular weight is 470 g/mol. The largest absolute Gasteiger partial charge is 0.497 e. The molecular weight excluding hydrogens is 447 g/mol. The van der Waals surface area contributed by atoms with Gasteiger partial charge < -0.3 is 14.2 Å². The second-order valence-electron chi connectivity index (χ2n) is 7.07. The number of hydrogen-bond donors (Lipinski definition) is 2. The number of benzene rings is 2. The van der Waals surface area contributed by atoms with E-state index in [0.717, 1.165) is 4.68 Å². The monoisotopic (exact) mass is 470 g/mol. The van der Waals surface area contributed by atoms with Gasteiger partial charge in [0.15, 0.2) is 0 Å². The fraction of sp³-hybridized carbons (Fsp3) is 0.217. The SMILES string of the molecule is COC(=O)Cc1[nH]n(-c2ccc(F)cc2)c(=O)c1C(C)=NNC(=O)c1cc(OC)cc(OC)c1. The first-order valence-corrected chi connectivity index (χ1v) is 10.0. The molecule has 3 rings (SSSR count). The Morgan fingerprint density at radius 3 is 2.24 bits per heavy atom. The number of H-pyrrole nitrogens is 1. The predicted molar refractivity (Wildman–Crippen MR) is 121 cm³/mol. The molecule has 0 bridgehead atoms. The van der Waals surface area contributed by atoms with Crippen molar-refractivity contribution in [3.8, 4) is 17.2 Å². The zero-order valence-corrected chi connectivity index (χ0v) is 19.0. The van der Waals surface area contributed by atoms with Crippen LogP contribution in [0.3, 0.4) is 0 Å². The summed E-state index contributed by atoms with van der Waals surface area (Å²) in [4.78, 5) is 37.7. The number of methoxy groups -OCH3 is 3. The first kappa shape index (κ1) is 24.2. The maximum Gasteiger partial charge on any atom is 0.311 e. The molecule has 2 aromatic carbocycles. The van der Waals surface area contributed by atoms with Gasteiger partial charge in [0.25, 0.3) is 11.5 Å². The number of ether oxygens (including phenoxy) is 3. The van der Waals surface area contributed by atoms with Crippen LogP contribution < -0.4 is 20.5 Å². The van der Waals surface area contributed by atoms with Gasteiger partial charge in [0.05, 0.1) is 50.4 Å². The zero-order chi connectivity index (χ0) is 24.8.